The number of amides is 1. The molecule has 2 aromatic carbocycles. The summed E-state index contributed by atoms with van der Waals surface area (Å²) in [6.45, 7) is 1.50. The number of fused-ring (bicyclic) bond motifs is 1. The van der Waals surface area contributed by atoms with Crippen molar-refractivity contribution in [3.05, 3.63) is 64.6 Å². The lowest BCUT2D eigenvalue weighted by Gasteiger charge is -2.14. The summed E-state index contributed by atoms with van der Waals surface area (Å²) in [7, 11) is 0. The lowest BCUT2D eigenvalue weighted by atomic mass is 10.2. The van der Waals surface area contributed by atoms with Gasteiger partial charge >= 0.3 is 11.7 Å². The smallest absolute Gasteiger partial charge is 0.419 e. The number of esters is 1. The van der Waals surface area contributed by atoms with Crippen molar-refractivity contribution in [3.63, 3.8) is 0 Å². The summed E-state index contributed by atoms with van der Waals surface area (Å²) in [5.74, 6) is -1.75. The molecule has 0 saturated carbocycles. The summed E-state index contributed by atoms with van der Waals surface area (Å²) in [5, 5.41) is 11.6. The van der Waals surface area contributed by atoms with Crippen LogP contribution in [0.15, 0.2) is 57.7 Å². The molecule has 28 heavy (non-hydrogen) atoms. The van der Waals surface area contributed by atoms with E-state index >= 15 is 0 Å². The minimum Gasteiger partial charge on any atom is -0.452 e. The second kappa shape index (κ2) is 8.22. The Morgan fingerprint density at radius 3 is 2.71 bits per heavy atom. The van der Waals surface area contributed by atoms with Crippen molar-refractivity contribution in [2.45, 2.75) is 26.0 Å². The van der Waals surface area contributed by atoms with E-state index < -0.39 is 23.7 Å². The monoisotopic (exact) mass is 379 g/mol. The molecule has 1 amide bonds. The number of carbonyl (C=O) groups excluding carboxylic acids is 2. The highest BCUT2D eigenvalue weighted by Gasteiger charge is 2.19. The van der Waals surface area contributed by atoms with E-state index in [0.717, 1.165) is 0 Å². The van der Waals surface area contributed by atoms with E-state index in [0.29, 0.717) is 22.4 Å². The van der Waals surface area contributed by atoms with Gasteiger partial charge in [-0.1, -0.05) is 24.3 Å². The Labute approximate surface area is 159 Å². The van der Waals surface area contributed by atoms with Gasteiger partial charge in [0.2, 0.25) is 0 Å². The van der Waals surface area contributed by atoms with Crippen LogP contribution in [0.3, 0.4) is 0 Å². The Hall–Kier alpha value is -3.86. The zero-order valence-corrected chi connectivity index (χ0v) is 15.0. The van der Waals surface area contributed by atoms with E-state index in [1.54, 1.807) is 48.5 Å². The number of anilines is 1. The highest BCUT2D eigenvalue weighted by Crippen LogP contribution is 2.15. The molecule has 3 aromatic rings. The Kier molecular flexibility index (Phi) is 5.56. The van der Waals surface area contributed by atoms with E-state index in [1.165, 1.54) is 11.5 Å². The molecule has 0 bridgehead atoms. The third-order valence-corrected chi connectivity index (χ3v) is 4.10. The lowest BCUT2D eigenvalue weighted by Crippen LogP contribution is -2.30. The Morgan fingerprint density at radius 1 is 1.21 bits per heavy atom. The number of ether oxygens (including phenoxy) is 1. The molecule has 1 atom stereocenters. The van der Waals surface area contributed by atoms with Gasteiger partial charge in [0, 0.05) is 6.54 Å². The fraction of sp³-hybridized carbons (Fsp3) is 0.200. The van der Waals surface area contributed by atoms with E-state index in [-0.39, 0.29) is 13.0 Å². The van der Waals surface area contributed by atoms with Crippen LogP contribution in [0.25, 0.3) is 11.1 Å². The molecule has 0 unspecified atom stereocenters. The van der Waals surface area contributed by atoms with Crippen LogP contribution in [0.2, 0.25) is 0 Å². The van der Waals surface area contributed by atoms with Crippen molar-refractivity contribution in [1.29, 1.82) is 5.26 Å². The first-order valence-electron chi connectivity index (χ1n) is 8.57. The van der Waals surface area contributed by atoms with Gasteiger partial charge in [0.25, 0.3) is 5.91 Å². The van der Waals surface area contributed by atoms with Crippen LogP contribution < -0.4 is 11.1 Å². The Balaban J connectivity index is 1.58. The predicted molar refractivity (Wildman–Crippen MR) is 100 cm³/mol. The van der Waals surface area contributed by atoms with Gasteiger partial charge in [-0.3, -0.25) is 14.2 Å². The number of carbonyl (C=O) groups is 2. The van der Waals surface area contributed by atoms with Crippen LogP contribution >= 0.6 is 0 Å². The van der Waals surface area contributed by atoms with Crippen LogP contribution in [-0.4, -0.2) is 22.5 Å². The number of rotatable bonds is 6. The molecule has 0 aliphatic rings. The van der Waals surface area contributed by atoms with Gasteiger partial charge in [0.15, 0.2) is 11.7 Å². The molecular weight excluding hydrogens is 362 g/mol. The van der Waals surface area contributed by atoms with E-state index in [4.69, 9.17) is 14.4 Å². The third-order valence-electron chi connectivity index (χ3n) is 4.10. The molecule has 1 heterocycles. The number of benzene rings is 2. The molecule has 8 heteroatoms. The maximum Gasteiger partial charge on any atom is 0.419 e. The van der Waals surface area contributed by atoms with Gasteiger partial charge in [-0.05, 0) is 31.2 Å². The number of nitrogens with one attached hydrogen (secondary N) is 1. The maximum atomic E-state index is 12.2. The summed E-state index contributed by atoms with van der Waals surface area (Å²) in [5.41, 5.74) is 1.67. The maximum absolute atomic E-state index is 12.2. The van der Waals surface area contributed by atoms with Crippen molar-refractivity contribution in [1.82, 2.24) is 4.57 Å². The molecule has 3 rings (SSSR count). The lowest BCUT2D eigenvalue weighted by molar-refractivity contribution is -0.153. The summed E-state index contributed by atoms with van der Waals surface area (Å²) in [6.07, 6.45) is -1.16. The second-order valence-corrected chi connectivity index (χ2v) is 6.02. The molecule has 0 saturated heterocycles. The first-order chi connectivity index (χ1) is 13.5. The number of oxazole rings is 1. The van der Waals surface area contributed by atoms with Crippen LogP contribution in [0.4, 0.5) is 5.69 Å². The number of nitriles is 1. The van der Waals surface area contributed by atoms with E-state index in [9.17, 15) is 14.4 Å². The molecule has 8 nitrogen and oxygen atoms in total. The summed E-state index contributed by atoms with van der Waals surface area (Å²) >= 11 is 0. The van der Waals surface area contributed by atoms with Crippen LogP contribution in [0.1, 0.15) is 18.9 Å². The predicted octanol–water partition coefficient (Wildman–Crippen LogP) is 2.43. The third kappa shape index (κ3) is 4.10. The highest BCUT2D eigenvalue weighted by molar-refractivity contribution is 5.96. The Morgan fingerprint density at radius 2 is 1.93 bits per heavy atom. The van der Waals surface area contributed by atoms with Gasteiger partial charge < -0.3 is 14.5 Å². The zero-order chi connectivity index (χ0) is 20.1. The van der Waals surface area contributed by atoms with Crippen molar-refractivity contribution in [2.24, 2.45) is 0 Å². The first-order valence-corrected chi connectivity index (χ1v) is 8.57. The van der Waals surface area contributed by atoms with Gasteiger partial charge in [0.1, 0.15) is 6.07 Å². The summed E-state index contributed by atoms with van der Waals surface area (Å²) in [6, 6.07) is 15.4. The normalized spacial score (nSPS) is 11.6. The molecule has 0 spiro atoms. The Bertz CT molecular complexity index is 1120. The molecule has 142 valence electrons. The summed E-state index contributed by atoms with van der Waals surface area (Å²) < 4.78 is 11.6. The van der Waals surface area contributed by atoms with Crippen molar-refractivity contribution >= 4 is 28.7 Å². The number of hydrogen-bond acceptors (Lipinski definition) is 6. The molecule has 1 aromatic heterocycles. The average Bonchev–Trinajstić information content (AvgIpc) is 3.01. The van der Waals surface area contributed by atoms with Crippen molar-refractivity contribution < 1.29 is 18.7 Å². The molecular formula is C20H17N3O5. The van der Waals surface area contributed by atoms with Crippen molar-refractivity contribution in [3.8, 4) is 6.07 Å². The van der Waals surface area contributed by atoms with Gasteiger partial charge in [-0.25, -0.2) is 4.79 Å². The number of aromatic nitrogens is 1. The molecule has 0 radical (unpaired) electrons. The van der Waals surface area contributed by atoms with Gasteiger partial charge in [-0.15, -0.1) is 0 Å². The largest absolute Gasteiger partial charge is 0.452 e. The molecule has 1 N–H and O–H groups in total. The van der Waals surface area contributed by atoms with Crippen LogP contribution in [0, 0.1) is 11.3 Å². The molecule has 0 aliphatic carbocycles. The highest BCUT2D eigenvalue weighted by atomic mass is 16.5. The standard InChI is InChI=1S/C20H17N3O5/c1-13(19(25)22-15-7-3-2-6-14(15)12-21)27-18(24)10-11-23-16-8-4-5-9-17(16)28-20(23)26/h2-9,13H,10-11H2,1H3,(H,22,25)/t13-/m0/s1. The number of aryl methyl sites for hydroxylation is 1. The fourth-order valence-corrected chi connectivity index (χ4v) is 2.66. The second-order valence-electron chi connectivity index (χ2n) is 6.02. The van der Waals surface area contributed by atoms with Gasteiger partial charge in [0.05, 0.1) is 23.2 Å². The number of nitrogens with zero attached hydrogens (tertiary/aromatic N) is 2. The first kappa shape index (κ1) is 18.9. The minimum absolute atomic E-state index is 0.0697. The fourth-order valence-electron chi connectivity index (χ4n) is 2.66. The number of para-hydroxylation sites is 3. The van der Waals surface area contributed by atoms with Crippen molar-refractivity contribution in [2.75, 3.05) is 5.32 Å². The van der Waals surface area contributed by atoms with Crippen LogP contribution in [0.5, 0.6) is 0 Å². The van der Waals surface area contributed by atoms with E-state index in [1.807, 2.05) is 6.07 Å². The average molecular weight is 379 g/mol. The molecule has 0 fully saturated rings. The van der Waals surface area contributed by atoms with E-state index in [2.05, 4.69) is 5.32 Å². The topological polar surface area (TPSA) is 114 Å². The zero-order valence-electron chi connectivity index (χ0n) is 15.0. The SMILES string of the molecule is C[C@H](OC(=O)CCn1c(=O)oc2ccccc21)C(=O)Nc1ccccc1C#N. The van der Waals surface area contributed by atoms with Gasteiger partial charge in [-0.2, -0.15) is 5.26 Å². The minimum atomic E-state index is -1.06. The van der Waals surface area contributed by atoms with Crippen LogP contribution in [-0.2, 0) is 20.9 Å². The number of hydrogen-bond donors (Lipinski definition) is 1. The quantitative estimate of drug-likeness (QED) is 0.658. The molecule has 0 aliphatic heterocycles. The summed E-state index contributed by atoms with van der Waals surface area (Å²) in [4.78, 5) is 36.2.